The summed E-state index contributed by atoms with van der Waals surface area (Å²) >= 11 is 0. The van der Waals surface area contributed by atoms with Crippen molar-refractivity contribution in [1.29, 1.82) is 0 Å². The van der Waals surface area contributed by atoms with Gasteiger partial charge < -0.3 is 10.6 Å². The maximum Gasteiger partial charge on any atom is 0.223 e. The van der Waals surface area contributed by atoms with Crippen LogP contribution < -0.4 is 10.6 Å². The Hall–Kier alpha value is -1.49. The summed E-state index contributed by atoms with van der Waals surface area (Å²) in [6.45, 7) is 4.66. The number of amides is 1. The zero-order chi connectivity index (χ0) is 14.7. The second-order valence-electron chi connectivity index (χ2n) is 5.48. The van der Waals surface area contributed by atoms with Crippen LogP contribution in [0.3, 0.4) is 0 Å². The van der Waals surface area contributed by atoms with Crippen molar-refractivity contribution in [2.75, 3.05) is 6.54 Å². The van der Waals surface area contributed by atoms with Crippen LogP contribution in [0.5, 0.6) is 0 Å². The van der Waals surface area contributed by atoms with Crippen LogP contribution in [0, 0.1) is 17.6 Å². The molecule has 1 aliphatic heterocycles. The molecule has 0 aliphatic carbocycles. The summed E-state index contributed by atoms with van der Waals surface area (Å²) in [5.41, 5.74) is 0.569. The van der Waals surface area contributed by atoms with Crippen LogP contribution in [0.15, 0.2) is 18.2 Å². The average molecular weight is 282 g/mol. The topological polar surface area (TPSA) is 41.1 Å². The molecular formula is C15H20F2N2O. The molecule has 110 valence electrons. The lowest BCUT2D eigenvalue weighted by molar-refractivity contribution is -0.126. The van der Waals surface area contributed by atoms with Crippen molar-refractivity contribution in [1.82, 2.24) is 10.6 Å². The van der Waals surface area contributed by atoms with Gasteiger partial charge in [-0.05, 0) is 50.9 Å². The van der Waals surface area contributed by atoms with Crippen LogP contribution in [0.25, 0.3) is 0 Å². The van der Waals surface area contributed by atoms with Gasteiger partial charge in [-0.2, -0.15) is 0 Å². The highest BCUT2D eigenvalue weighted by Crippen LogP contribution is 2.20. The molecule has 3 atom stereocenters. The van der Waals surface area contributed by atoms with Gasteiger partial charge in [-0.3, -0.25) is 4.79 Å². The number of hydrogen-bond acceptors (Lipinski definition) is 2. The fourth-order valence-corrected chi connectivity index (χ4v) is 2.57. The first-order chi connectivity index (χ1) is 9.47. The summed E-state index contributed by atoms with van der Waals surface area (Å²) in [7, 11) is 0. The molecule has 5 heteroatoms. The first-order valence-electron chi connectivity index (χ1n) is 6.96. The number of halogens is 2. The SMILES string of the molecule is CC(NC(=O)[C@H]1CCN[C@@H](C)C1)c1ccc(F)c(F)c1. The van der Waals surface area contributed by atoms with E-state index in [0.29, 0.717) is 11.6 Å². The van der Waals surface area contributed by atoms with Crippen LogP contribution in [0.1, 0.15) is 38.3 Å². The lowest BCUT2D eigenvalue weighted by Crippen LogP contribution is -2.42. The van der Waals surface area contributed by atoms with Gasteiger partial charge in [0.1, 0.15) is 0 Å². The van der Waals surface area contributed by atoms with Crippen molar-refractivity contribution in [2.24, 2.45) is 5.92 Å². The van der Waals surface area contributed by atoms with Crippen LogP contribution in [0.4, 0.5) is 8.78 Å². The van der Waals surface area contributed by atoms with Crippen molar-refractivity contribution in [3.05, 3.63) is 35.4 Å². The predicted molar refractivity (Wildman–Crippen MR) is 73.1 cm³/mol. The minimum atomic E-state index is -0.890. The van der Waals surface area contributed by atoms with Gasteiger partial charge in [-0.1, -0.05) is 6.07 Å². The van der Waals surface area contributed by atoms with Gasteiger partial charge in [0.15, 0.2) is 11.6 Å². The Kier molecular flexibility index (Phi) is 4.70. The maximum atomic E-state index is 13.2. The molecule has 1 heterocycles. The Bertz CT molecular complexity index is 493. The summed E-state index contributed by atoms with van der Waals surface area (Å²) < 4.78 is 26.1. The van der Waals surface area contributed by atoms with Crippen molar-refractivity contribution < 1.29 is 13.6 Å². The second kappa shape index (κ2) is 6.31. The Balaban J connectivity index is 1.97. The van der Waals surface area contributed by atoms with Crippen molar-refractivity contribution in [3.8, 4) is 0 Å². The number of carbonyl (C=O) groups excluding carboxylic acids is 1. The van der Waals surface area contributed by atoms with E-state index >= 15 is 0 Å². The summed E-state index contributed by atoms with van der Waals surface area (Å²) in [4.78, 5) is 12.2. The number of carbonyl (C=O) groups is 1. The first kappa shape index (κ1) is 14.9. The van der Waals surface area contributed by atoms with Gasteiger partial charge in [-0.25, -0.2) is 8.78 Å². The molecule has 0 spiro atoms. The Labute approximate surface area is 117 Å². The molecule has 20 heavy (non-hydrogen) atoms. The summed E-state index contributed by atoms with van der Waals surface area (Å²) in [6.07, 6.45) is 1.61. The maximum absolute atomic E-state index is 13.2. The number of hydrogen-bond donors (Lipinski definition) is 2. The van der Waals surface area contributed by atoms with Gasteiger partial charge in [-0.15, -0.1) is 0 Å². The molecule has 1 fully saturated rings. The lowest BCUT2D eigenvalue weighted by atomic mass is 9.92. The standard InChI is InChI=1S/C15H20F2N2O/c1-9-7-12(5-6-18-9)15(20)19-10(2)11-3-4-13(16)14(17)8-11/h3-4,8-10,12,18H,5-7H2,1-2H3,(H,19,20)/t9-,10?,12-/m0/s1. The molecule has 1 saturated heterocycles. The third kappa shape index (κ3) is 3.54. The molecule has 1 unspecified atom stereocenters. The molecule has 3 nitrogen and oxygen atoms in total. The molecule has 1 aromatic rings. The van der Waals surface area contributed by atoms with Crippen LogP contribution in [0.2, 0.25) is 0 Å². The van der Waals surface area contributed by atoms with Gasteiger partial charge in [0, 0.05) is 12.0 Å². The quantitative estimate of drug-likeness (QED) is 0.894. The van der Waals surface area contributed by atoms with Crippen LogP contribution >= 0.6 is 0 Å². The Morgan fingerprint density at radius 1 is 1.40 bits per heavy atom. The monoisotopic (exact) mass is 282 g/mol. The lowest BCUT2D eigenvalue weighted by Gasteiger charge is -2.28. The summed E-state index contributed by atoms with van der Waals surface area (Å²) in [5, 5.41) is 6.17. The van der Waals surface area contributed by atoms with E-state index in [4.69, 9.17) is 0 Å². The van der Waals surface area contributed by atoms with E-state index in [2.05, 4.69) is 17.6 Å². The fourth-order valence-electron chi connectivity index (χ4n) is 2.57. The number of rotatable bonds is 3. The van der Waals surface area contributed by atoms with Crippen LogP contribution in [-0.2, 0) is 4.79 Å². The zero-order valence-electron chi connectivity index (χ0n) is 11.7. The molecule has 0 saturated carbocycles. The number of benzene rings is 1. The molecule has 1 aromatic carbocycles. The van der Waals surface area contributed by atoms with E-state index in [1.54, 1.807) is 6.92 Å². The highest BCUT2D eigenvalue weighted by atomic mass is 19.2. The van der Waals surface area contributed by atoms with Crippen molar-refractivity contribution >= 4 is 5.91 Å². The van der Waals surface area contributed by atoms with Crippen molar-refractivity contribution in [3.63, 3.8) is 0 Å². The summed E-state index contributed by atoms with van der Waals surface area (Å²) in [5.74, 6) is -1.80. The van der Waals surface area contributed by atoms with Gasteiger partial charge in [0.2, 0.25) is 5.91 Å². The largest absolute Gasteiger partial charge is 0.349 e. The van der Waals surface area contributed by atoms with Gasteiger partial charge >= 0.3 is 0 Å². The molecule has 0 aromatic heterocycles. The van der Waals surface area contributed by atoms with E-state index in [9.17, 15) is 13.6 Å². The molecule has 1 amide bonds. The zero-order valence-corrected chi connectivity index (χ0v) is 11.7. The Morgan fingerprint density at radius 3 is 2.80 bits per heavy atom. The third-order valence-corrected chi connectivity index (χ3v) is 3.80. The molecule has 2 N–H and O–H groups in total. The molecular weight excluding hydrogens is 262 g/mol. The van der Waals surface area contributed by atoms with Gasteiger partial charge in [0.25, 0.3) is 0 Å². The van der Waals surface area contributed by atoms with Crippen LogP contribution in [-0.4, -0.2) is 18.5 Å². The highest BCUT2D eigenvalue weighted by molar-refractivity contribution is 5.79. The van der Waals surface area contributed by atoms with Crippen molar-refractivity contribution in [2.45, 2.75) is 38.8 Å². The normalized spacial score (nSPS) is 24.2. The van der Waals surface area contributed by atoms with E-state index in [0.717, 1.165) is 31.5 Å². The minimum absolute atomic E-state index is 0.0148. The average Bonchev–Trinajstić information content (AvgIpc) is 2.41. The fraction of sp³-hybridized carbons (Fsp3) is 0.533. The second-order valence-corrected chi connectivity index (χ2v) is 5.48. The molecule has 0 bridgehead atoms. The first-order valence-corrected chi connectivity index (χ1v) is 6.96. The smallest absolute Gasteiger partial charge is 0.223 e. The number of nitrogens with one attached hydrogen (secondary N) is 2. The van der Waals surface area contributed by atoms with E-state index in [1.807, 2.05) is 0 Å². The van der Waals surface area contributed by atoms with Gasteiger partial charge in [0.05, 0.1) is 6.04 Å². The molecule has 0 radical (unpaired) electrons. The predicted octanol–water partition coefficient (Wildman–Crippen LogP) is 2.53. The van der Waals surface area contributed by atoms with E-state index < -0.39 is 11.6 Å². The minimum Gasteiger partial charge on any atom is -0.349 e. The third-order valence-electron chi connectivity index (χ3n) is 3.80. The molecule has 1 aliphatic rings. The highest BCUT2D eigenvalue weighted by Gasteiger charge is 2.25. The molecule has 2 rings (SSSR count). The van der Waals surface area contributed by atoms with E-state index in [-0.39, 0.29) is 17.9 Å². The van der Waals surface area contributed by atoms with E-state index in [1.165, 1.54) is 6.07 Å². The number of piperidine rings is 1. The summed E-state index contributed by atoms with van der Waals surface area (Å²) in [6, 6.07) is 3.71. The Morgan fingerprint density at radius 2 is 2.15 bits per heavy atom.